The Morgan fingerprint density at radius 1 is 1.50 bits per heavy atom. The number of piperidine rings is 1. The summed E-state index contributed by atoms with van der Waals surface area (Å²) in [5.74, 6) is -1.34. The van der Waals surface area contributed by atoms with Crippen LogP contribution in [0.25, 0.3) is 0 Å². The molecule has 1 amide bonds. The number of carbonyl (C=O) groups excluding carboxylic acids is 1. The van der Waals surface area contributed by atoms with E-state index in [2.05, 4.69) is 10.6 Å². The molecule has 1 aromatic rings. The van der Waals surface area contributed by atoms with Gasteiger partial charge < -0.3 is 15.7 Å². The van der Waals surface area contributed by atoms with Crippen LogP contribution in [0.15, 0.2) is 18.2 Å². The van der Waals surface area contributed by atoms with E-state index in [-0.39, 0.29) is 5.91 Å². The fraction of sp³-hybridized carbons (Fsp3) is 0.462. The number of rotatable bonds is 2. The number of halogens is 1. The van der Waals surface area contributed by atoms with Crippen molar-refractivity contribution in [2.45, 2.75) is 31.7 Å². The number of amides is 1. The van der Waals surface area contributed by atoms with Gasteiger partial charge in [0.15, 0.2) is 11.6 Å². The Balaban J connectivity index is 2.08. The van der Waals surface area contributed by atoms with Crippen molar-refractivity contribution in [3.63, 3.8) is 0 Å². The molecule has 0 aromatic heterocycles. The molecule has 0 aliphatic carbocycles. The molecule has 5 heteroatoms. The minimum atomic E-state index is -0.741. The zero-order chi connectivity index (χ0) is 13.2. The van der Waals surface area contributed by atoms with Crippen LogP contribution in [-0.4, -0.2) is 23.1 Å². The van der Waals surface area contributed by atoms with Crippen LogP contribution in [0.4, 0.5) is 10.1 Å². The SMILES string of the molecule is CC1(C(=O)Nc2ccc(O)c(F)c2)CCCCN1. The molecule has 98 valence electrons. The monoisotopic (exact) mass is 252 g/mol. The van der Waals surface area contributed by atoms with Crippen molar-refractivity contribution < 1.29 is 14.3 Å². The summed E-state index contributed by atoms with van der Waals surface area (Å²) in [7, 11) is 0. The third-order valence-electron chi connectivity index (χ3n) is 3.33. The number of carbonyl (C=O) groups is 1. The molecule has 1 aliphatic heterocycles. The van der Waals surface area contributed by atoms with Crippen molar-refractivity contribution in [3.05, 3.63) is 24.0 Å². The van der Waals surface area contributed by atoms with Gasteiger partial charge in [-0.3, -0.25) is 4.79 Å². The van der Waals surface area contributed by atoms with Gasteiger partial charge >= 0.3 is 0 Å². The maximum Gasteiger partial charge on any atom is 0.244 e. The highest BCUT2D eigenvalue weighted by Crippen LogP contribution is 2.23. The van der Waals surface area contributed by atoms with Gasteiger partial charge in [-0.2, -0.15) is 0 Å². The lowest BCUT2D eigenvalue weighted by molar-refractivity contribution is -0.122. The number of nitrogens with one attached hydrogen (secondary N) is 2. The summed E-state index contributed by atoms with van der Waals surface area (Å²) in [5.41, 5.74) is -0.254. The standard InChI is InChI=1S/C13H17FN2O2/c1-13(6-2-3-7-15-13)12(18)16-9-4-5-11(17)10(14)8-9/h4-5,8,15,17H,2-3,6-7H2,1H3,(H,16,18). The first-order valence-corrected chi connectivity index (χ1v) is 6.06. The lowest BCUT2D eigenvalue weighted by atomic mass is 9.90. The minimum absolute atomic E-state index is 0.174. The van der Waals surface area contributed by atoms with Gasteiger partial charge in [-0.05, 0) is 44.9 Å². The Morgan fingerprint density at radius 2 is 2.28 bits per heavy atom. The summed E-state index contributed by atoms with van der Waals surface area (Å²) in [4.78, 5) is 12.1. The number of anilines is 1. The van der Waals surface area contributed by atoms with Crippen molar-refractivity contribution in [1.29, 1.82) is 0 Å². The first kappa shape index (κ1) is 12.8. The van der Waals surface area contributed by atoms with Gasteiger partial charge in [0, 0.05) is 11.8 Å². The average molecular weight is 252 g/mol. The first-order valence-electron chi connectivity index (χ1n) is 6.06. The normalized spacial score (nSPS) is 23.7. The number of phenolic OH excluding ortho intramolecular Hbond substituents is 1. The van der Waals surface area contributed by atoms with Crippen LogP contribution >= 0.6 is 0 Å². The van der Waals surface area contributed by atoms with Gasteiger partial charge in [-0.25, -0.2) is 4.39 Å². The number of phenols is 1. The van der Waals surface area contributed by atoms with E-state index in [1.165, 1.54) is 12.1 Å². The van der Waals surface area contributed by atoms with Crippen molar-refractivity contribution in [1.82, 2.24) is 5.32 Å². The predicted octanol–water partition coefficient (Wildman–Crippen LogP) is 2.00. The summed E-state index contributed by atoms with van der Waals surface area (Å²) in [6, 6.07) is 3.81. The molecule has 1 aromatic carbocycles. The fourth-order valence-electron chi connectivity index (χ4n) is 2.10. The zero-order valence-corrected chi connectivity index (χ0v) is 10.3. The van der Waals surface area contributed by atoms with E-state index in [0.29, 0.717) is 5.69 Å². The molecule has 1 heterocycles. The van der Waals surface area contributed by atoms with Crippen LogP contribution in [0.2, 0.25) is 0 Å². The highest BCUT2D eigenvalue weighted by Gasteiger charge is 2.34. The summed E-state index contributed by atoms with van der Waals surface area (Å²) in [5, 5.41) is 14.9. The van der Waals surface area contributed by atoms with Crippen LogP contribution < -0.4 is 10.6 Å². The van der Waals surface area contributed by atoms with Crippen molar-refractivity contribution in [2.24, 2.45) is 0 Å². The maximum absolute atomic E-state index is 13.2. The number of aromatic hydroxyl groups is 1. The molecule has 0 spiro atoms. The van der Waals surface area contributed by atoms with Gasteiger partial charge in [0.05, 0.1) is 5.54 Å². The van der Waals surface area contributed by atoms with Gasteiger partial charge in [0.2, 0.25) is 5.91 Å². The number of hydrogen-bond donors (Lipinski definition) is 3. The van der Waals surface area contributed by atoms with Crippen molar-refractivity contribution in [3.8, 4) is 5.75 Å². The summed E-state index contributed by atoms with van der Waals surface area (Å²) < 4.78 is 13.2. The molecule has 3 N–H and O–H groups in total. The zero-order valence-electron chi connectivity index (χ0n) is 10.3. The number of benzene rings is 1. The lowest BCUT2D eigenvalue weighted by Crippen LogP contribution is -2.54. The highest BCUT2D eigenvalue weighted by molar-refractivity contribution is 5.97. The summed E-state index contributed by atoms with van der Waals surface area (Å²) in [6.45, 7) is 2.66. The Kier molecular flexibility index (Phi) is 3.52. The molecule has 0 saturated carbocycles. The van der Waals surface area contributed by atoms with E-state index in [1.807, 2.05) is 6.92 Å². The molecule has 0 bridgehead atoms. The third kappa shape index (κ3) is 2.61. The summed E-state index contributed by atoms with van der Waals surface area (Å²) in [6.07, 6.45) is 2.83. The van der Waals surface area contributed by atoms with Crippen LogP contribution in [0.1, 0.15) is 26.2 Å². The lowest BCUT2D eigenvalue weighted by Gasteiger charge is -2.33. The van der Waals surface area contributed by atoms with Crippen molar-refractivity contribution in [2.75, 3.05) is 11.9 Å². The van der Waals surface area contributed by atoms with Crippen LogP contribution in [-0.2, 0) is 4.79 Å². The van der Waals surface area contributed by atoms with E-state index in [4.69, 9.17) is 5.11 Å². The van der Waals surface area contributed by atoms with Gasteiger partial charge in [-0.15, -0.1) is 0 Å². The first-order chi connectivity index (χ1) is 8.51. The Bertz CT molecular complexity index is 456. The second-order valence-electron chi connectivity index (χ2n) is 4.84. The fourth-order valence-corrected chi connectivity index (χ4v) is 2.10. The molecule has 1 aliphatic rings. The largest absolute Gasteiger partial charge is 0.505 e. The molecule has 4 nitrogen and oxygen atoms in total. The molecule has 18 heavy (non-hydrogen) atoms. The maximum atomic E-state index is 13.2. The van der Waals surface area contributed by atoms with E-state index >= 15 is 0 Å². The van der Waals surface area contributed by atoms with Gasteiger partial charge in [-0.1, -0.05) is 0 Å². The van der Waals surface area contributed by atoms with E-state index in [0.717, 1.165) is 31.9 Å². The van der Waals surface area contributed by atoms with E-state index < -0.39 is 17.1 Å². The second kappa shape index (κ2) is 4.94. The molecular weight excluding hydrogens is 235 g/mol. The minimum Gasteiger partial charge on any atom is -0.505 e. The van der Waals surface area contributed by atoms with Crippen LogP contribution in [0.3, 0.4) is 0 Å². The van der Waals surface area contributed by atoms with Gasteiger partial charge in [0.25, 0.3) is 0 Å². The molecule has 1 atom stereocenters. The van der Waals surface area contributed by atoms with E-state index in [1.54, 1.807) is 0 Å². The summed E-state index contributed by atoms with van der Waals surface area (Å²) >= 11 is 0. The predicted molar refractivity (Wildman–Crippen MR) is 67.0 cm³/mol. The van der Waals surface area contributed by atoms with Gasteiger partial charge in [0.1, 0.15) is 0 Å². The topological polar surface area (TPSA) is 61.4 Å². The molecular formula is C13H17FN2O2. The smallest absolute Gasteiger partial charge is 0.244 e. The Labute approximate surface area is 105 Å². The van der Waals surface area contributed by atoms with Crippen molar-refractivity contribution >= 4 is 11.6 Å². The average Bonchev–Trinajstić information content (AvgIpc) is 2.35. The molecule has 1 saturated heterocycles. The second-order valence-corrected chi connectivity index (χ2v) is 4.84. The quantitative estimate of drug-likeness (QED) is 0.705. The van der Waals surface area contributed by atoms with Crippen LogP contribution in [0, 0.1) is 5.82 Å². The highest BCUT2D eigenvalue weighted by atomic mass is 19.1. The molecule has 0 radical (unpaired) electrons. The molecule has 2 rings (SSSR count). The third-order valence-corrected chi connectivity index (χ3v) is 3.33. The van der Waals surface area contributed by atoms with Crippen LogP contribution in [0.5, 0.6) is 5.75 Å². The Morgan fingerprint density at radius 3 is 2.89 bits per heavy atom. The molecule has 1 unspecified atom stereocenters. The Hall–Kier alpha value is -1.62. The number of hydrogen-bond acceptors (Lipinski definition) is 3. The van der Waals surface area contributed by atoms with E-state index in [9.17, 15) is 9.18 Å². The molecule has 1 fully saturated rings.